The van der Waals surface area contributed by atoms with Gasteiger partial charge < -0.3 is 15.5 Å². The van der Waals surface area contributed by atoms with Crippen LogP contribution in [-0.4, -0.2) is 43.7 Å². The first-order chi connectivity index (χ1) is 8.97. The predicted molar refractivity (Wildman–Crippen MR) is 80.2 cm³/mol. The second-order valence-corrected chi connectivity index (χ2v) is 6.62. The fourth-order valence-electron chi connectivity index (χ4n) is 2.49. The van der Waals surface area contributed by atoms with Gasteiger partial charge in [0.05, 0.1) is 0 Å². The summed E-state index contributed by atoms with van der Waals surface area (Å²) in [7, 11) is 0. The second kappa shape index (κ2) is 8.41. The first kappa shape index (κ1) is 16.3. The number of rotatable bonds is 6. The maximum atomic E-state index is 11.6. The zero-order chi connectivity index (χ0) is 14.3. The molecule has 0 spiro atoms. The average molecular weight is 269 g/mol. The van der Waals surface area contributed by atoms with Crippen molar-refractivity contribution in [2.24, 2.45) is 17.8 Å². The summed E-state index contributed by atoms with van der Waals surface area (Å²) in [4.78, 5) is 14.1. The molecule has 0 bridgehead atoms. The largest absolute Gasteiger partial charge is 0.338 e. The Kier molecular flexibility index (Phi) is 7.21. The molecule has 0 unspecified atom stereocenters. The van der Waals surface area contributed by atoms with Crippen molar-refractivity contribution in [3.63, 3.8) is 0 Å². The first-order valence-electron chi connectivity index (χ1n) is 7.71. The minimum atomic E-state index is -0.0155. The number of urea groups is 1. The van der Waals surface area contributed by atoms with E-state index in [1.165, 1.54) is 32.5 Å². The fraction of sp³-hybridized carbons (Fsp3) is 0.933. The minimum absolute atomic E-state index is 0.0155. The van der Waals surface area contributed by atoms with Gasteiger partial charge in [-0.15, -0.1) is 0 Å². The van der Waals surface area contributed by atoms with Crippen molar-refractivity contribution in [2.75, 3.05) is 32.7 Å². The van der Waals surface area contributed by atoms with Crippen molar-refractivity contribution in [1.82, 2.24) is 15.5 Å². The number of carbonyl (C=O) groups is 1. The molecule has 2 amide bonds. The fourth-order valence-corrected chi connectivity index (χ4v) is 2.49. The molecule has 19 heavy (non-hydrogen) atoms. The highest BCUT2D eigenvalue weighted by Crippen LogP contribution is 2.17. The van der Waals surface area contributed by atoms with Crippen LogP contribution in [-0.2, 0) is 0 Å². The van der Waals surface area contributed by atoms with E-state index in [2.05, 4.69) is 43.2 Å². The van der Waals surface area contributed by atoms with E-state index in [0.717, 1.165) is 19.0 Å². The summed E-state index contributed by atoms with van der Waals surface area (Å²) in [5.74, 6) is 1.90. The quantitative estimate of drug-likeness (QED) is 0.777. The molecule has 4 heteroatoms. The van der Waals surface area contributed by atoms with Crippen molar-refractivity contribution >= 4 is 6.03 Å². The van der Waals surface area contributed by atoms with Crippen molar-refractivity contribution in [3.05, 3.63) is 0 Å². The van der Waals surface area contributed by atoms with Gasteiger partial charge in [0, 0.05) is 19.6 Å². The number of nitrogens with one attached hydrogen (secondary N) is 2. The molecule has 0 aromatic rings. The van der Waals surface area contributed by atoms with E-state index in [1.54, 1.807) is 0 Å². The predicted octanol–water partition coefficient (Wildman–Crippen LogP) is 2.31. The number of nitrogens with zero attached hydrogens (tertiary/aromatic N) is 1. The SMILES string of the molecule is CC(C)CNC(=O)NCC1CCN(CC(C)C)CC1. The molecule has 112 valence electrons. The van der Waals surface area contributed by atoms with Gasteiger partial charge in [0.25, 0.3) is 0 Å². The maximum Gasteiger partial charge on any atom is 0.314 e. The van der Waals surface area contributed by atoms with E-state index in [-0.39, 0.29) is 6.03 Å². The molecule has 0 aromatic carbocycles. The van der Waals surface area contributed by atoms with E-state index >= 15 is 0 Å². The van der Waals surface area contributed by atoms with E-state index < -0.39 is 0 Å². The standard InChI is InChI=1S/C15H31N3O/c1-12(2)9-16-15(19)17-10-14-5-7-18(8-6-14)11-13(3)4/h12-14H,5-11H2,1-4H3,(H2,16,17,19). The average Bonchev–Trinajstić information content (AvgIpc) is 2.35. The molecule has 2 N–H and O–H groups in total. The molecule has 0 saturated carbocycles. The van der Waals surface area contributed by atoms with E-state index in [1.807, 2.05) is 0 Å². The van der Waals surface area contributed by atoms with Gasteiger partial charge in [-0.1, -0.05) is 27.7 Å². The van der Waals surface area contributed by atoms with Gasteiger partial charge in [0.15, 0.2) is 0 Å². The molecule has 1 heterocycles. The third-order valence-corrected chi connectivity index (χ3v) is 3.55. The van der Waals surface area contributed by atoms with Crippen LogP contribution in [0, 0.1) is 17.8 Å². The zero-order valence-corrected chi connectivity index (χ0v) is 13.0. The molecule has 1 rings (SSSR count). The smallest absolute Gasteiger partial charge is 0.314 e. The van der Waals surface area contributed by atoms with Crippen LogP contribution in [0.1, 0.15) is 40.5 Å². The molecule has 0 radical (unpaired) electrons. The minimum Gasteiger partial charge on any atom is -0.338 e. The molecule has 0 aromatic heterocycles. The molecular weight excluding hydrogens is 238 g/mol. The molecule has 0 aliphatic carbocycles. The lowest BCUT2D eigenvalue weighted by Crippen LogP contribution is -2.43. The summed E-state index contributed by atoms with van der Waals surface area (Å²) in [5.41, 5.74) is 0. The third kappa shape index (κ3) is 7.41. The van der Waals surface area contributed by atoms with Crippen LogP contribution >= 0.6 is 0 Å². The second-order valence-electron chi connectivity index (χ2n) is 6.62. The summed E-state index contributed by atoms with van der Waals surface area (Å²) in [6.45, 7) is 13.9. The third-order valence-electron chi connectivity index (χ3n) is 3.55. The summed E-state index contributed by atoms with van der Waals surface area (Å²) in [6, 6.07) is -0.0155. The Balaban J connectivity index is 2.10. The Bertz CT molecular complexity index is 258. The van der Waals surface area contributed by atoms with Gasteiger partial charge in [0.2, 0.25) is 0 Å². The van der Waals surface area contributed by atoms with Crippen molar-refractivity contribution in [3.8, 4) is 0 Å². The monoisotopic (exact) mass is 269 g/mol. The van der Waals surface area contributed by atoms with Gasteiger partial charge in [-0.3, -0.25) is 0 Å². The highest BCUT2D eigenvalue weighted by Gasteiger charge is 2.19. The van der Waals surface area contributed by atoms with Crippen LogP contribution < -0.4 is 10.6 Å². The molecule has 4 nitrogen and oxygen atoms in total. The highest BCUT2D eigenvalue weighted by atomic mass is 16.2. The number of hydrogen-bond acceptors (Lipinski definition) is 2. The van der Waals surface area contributed by atoms with Gasteiger partial charge >= 0.3 is 6.03 Å². The van der Waals surface area contributed by atoms with Crippen LogP contribution in [0.3, 0.4) is 0 Å². The van der Waals surface area contributed by atoms with Crippen molar-refractivity contribution < 1.29 is 4.79 Å². The van der Waals surface area contributed by atoms with Gasteiger partial charge in [-0.2, -0.15) is 0 Å². The molecule has 1 aliphatic heterocycles. The van der Waals surface area contributed by atoms with Gasteiger partial charge in [-0.05, 0) is 43.7 Å². The lowest BCUT2D eigenvalue weighted by atomic mass is 9.96. The summed E-state index contributed by atoms with van der Waals surface area (Å²) in [6.07, 6.45) is 2.41. The normalized spacial score (nSPS) is 18.0. The number of amides is 2. The van der Waals surface area contributed by atoms with Crippen molar-refractivity contribution in [2.45, 2.75) is 40.5 Å². The van der Waals surface area contributed by atoms with Crippen LogP contribution in [0.4, 0.5) is 4.79 Å². The number of piperidine rings is 1. The van der Waals surface area contributed by atoms with Crippen molar-refractivity contribution in [1.29, 1.82) is 0 Å². The number of carbonyl (C=O) groups excluding carboxylic acids is 1. The molecule has 1 aliphatic rings. The topological polar surface area (TPSA) is 44.4 Å². The van der Waals surface area contributed by atoms with Crippen LogP contribution in [0.15, 0.2) is 0 Å². The lowest BCUT2D eigenvalue weighted by Gasteiger charge is -2.33. The van der Waals surface area contributed by atoms with Crippen LogP contribution in [0.5, 0.6) is 0 Å². The first-order valence-corrected chi connectivity index (χ1v) is 7.71. The lowest BCUT2D eigenvalue weighted by molar-refractivity contribution is 0.166. The number of hydrogen-bond donors (Lipinski definition) is 2. The molecule has 1 saturated heterocycles. The van der Waals surface area contributed by atoms with E-state index in [0.29, 0.717) is 11.8 Å². The Morgan fingerprint density at radius 2 is 1.74 bits per heavy atom. The number of likely N-dealkylation sites (tertiary alicyclic amines) is 1. The summed E-state index contributed by atoms with van der Waals surface area (Å²) >= 11 is 0. The van der Waals surface area contributed by atoms with Crippen LogP contribution in [0.2, 0.25) is 0 Å². The maximum absolute atomic E-state index is 11.6. The van der Waals surface area contributed by atoms with E-state index in [4.69, 9.17) is 0 Å². The Labute approximate surface area is 118 Å². The zero-order valence-electron chi connectivity index (χ0n) is 13.0. The molecular formula is C15H31N3O. The van der Waals surface area contributed by atoms with E-state index in [9.17, 15) is 4.79 Å². The molecule has 0 atom stereocenters. The summed E-state index contributed by atoms with van der Waals surface area (Å²) in [5, 5.41) is 5.89. The Morgan fingerprint density at radius 1 is 1.11 bits per heavy atom. The highest BCUT2D eigenvalue weighted by molar-refractivity contribution is 5.73. The molecule has 1 fully saturated rings. The Hall–Kier alpha value is -0.770. The summed E-state index contributed by atoms with van der Waals surface area (Å²) < 4.78 is 0. The van der Waals surface area contributed by atoms with Crippen LogP contribution in [0.25, 0.3) is 0 Å². The van der Waals surface area contributed by atoms with Gasteiger partial charge in [0.1, 0.15) is 0 Å². The Morgan fingerprint density at radius 3 is 2.26 bits per heavy atom. The van der Waals surface area contributed by atoms with Gasteiger partial charge in [-0.25, -0.2) is 4.79 Å².